The molecule has 0 radical (unpaired) electrons. The first kappa shape index (κ1) is 21.1. The molecule has 0 bridgehead atoms. The van der Waals surface area contributed by atoms with Gasteiger partial charge in [-0.25, -0.2) is 4.89 Å². The standard InChI is InChI=1S/C19H34N2O5/c1-4-8-16(19(23)25-5-2)20-13(3)18(22)21-15(12-26-24)11-14-9-6-7-10-17(14)21/h13-17,20,24H,4-12H2,1-3H3/t13-,14-,15-,16-,17-/m0/s1. The number of nitrogens with zero attached hydrogens (tertiary/aromatic N) is 1. The average molecular weight is 370 g/mol. The lowest BCUT2D eigenvalue weighted by Crippen LogP contribution is -2.55. The highest BCUT2D eigenvalue weighted by Crippen LogP contribution is 2.40. The fraction of sp³-hybridized carbons (Fsp3) is 0.895. The van der Waals surface area contributed by atoms with Crippen molar-refractivity contribution in [1.29, 1.82) is 0 Å². The maximum absolute atomic E-state index is 13.2. The molecule has 2 rings (SSSR count). The minimum atomic E-state index is -0.488. The van der Waals surface area contributed by atoms with E-state index in [1.807, 2.05) is 11.8 Å². The molecule has 0 spiro atoms. The number of likely N-dealkylation sites (tertiary alicyclic amines) is 1. The summed E-state index contributed by atoms with van der Waals surface area (Å²) in [6.07, 6.45) is 6.78. The lowest BCUT2D eigenvalue weighted by Gasteiger charge is -2.36. The summed E-state index contributed by atoms with van der Waals surface area (Å²) in [4.78, 5) is 31.6. The third-order valence-corrected chi connectivity index (χ3v) is 5.69. The number of rotatable bonds is 9. The van der Waals surface area contributed by atoms with Gasteiger partial charge in [-0.2, -0.15) is 0 Å². The summed E-state index contributed by atoms with van der Waals surface area (Å²) in [7, 11) is 0. The number of esters is 1. The number of nitrogens with one attached hydrogen (secondary N) is 1. The van der Waals surface area contributed by atoms with Crippen molar-refractivity contribution in [3.63, 3.8) is 0 Å². The van der Waals surface area contributed by atoms with Gasteiger partial charge in [0.2, 0.25) is 5.91 Å². The van der Waals surface area contributed by atoms with Gasteiger partial charge in [-0.3, -0.25) is 20.2 Å². The molecule has 0 aromatic carbocycles. The van der Waals surface area contributed by atoms with Crippen molar-refractivity contribution in [1.82, 2.24) is 10.2 Å². The minimum Gasteiger partial charge on any atom is -0.465 e. The van der Waals surface area contributed by atoms with Crippen molar-refractivity contribution in [3.8, 4) is 0 Å². The van der Waals surface area contributed by atoms with E-state index in [0.717, 1.165) is 32.1 Å². The summed E-state index contributed by atoms with van der Waals surface area (Å²) in [6, 6.07) is -0.848. The molecule has 2 N–H and O–H groups in total. The number of hydrogen-bond donors (Lipinski definition) is 2. The van der Waals surface area contributed by atoms with Gasteiger partial charge in [0.15, 0.2) is 0 Å². The van der Waals surface area contributed by atoms with Crippen molar-refractivity contribution in [2.24, 2.45) is 5.92 Å². The van der Waals surface area contributed by atoms with Crippen LogP contribution in [-0.4, -0.2) is 59.4 Å². The van der Waals surface area contributed by atoms with Gasteiger partial charge in [0.1, 0.15) is 12.6 Å². The van der Waals surface area contributed by atoms with Crippen molar-refractivity contribution in [3.05, 3.63) is 0 Å². The van der Waals surface area contributed by atoms with Crippen LogP contribution in [0.25, 0.3) is 0 Å². The molecule has 7 nitrogen and oxygen atoms in total. The number of ether oxygens (including phenoxy) is 1. The second-order valence-electron chi connectivity index (χ2n) is 7.52. The number of fused-ring (bicyclic) bond motifs is 1. The van der Waals surface area contributed by atoms with Crippen LogP contribution in [0.5, 0.6) is 0 Å². The smallest absolute Gasteiger partial charge is 0.323 e. The minimum absolute atomic E-state index is 0.0214. The Balaban J connectivity index is 2.06. The van der Waals surface area contributed by atoms with E-state index in [9.17, 15) is 9.59 Å². The van der Waals surface area contributed by atoms with Crippen LogP contribution in [0.2, 0.25) is 0 Å². The first-order chi connectivity index (χ1) is 12.5. The van der Waals surface area contributed by atoms with Gasteiger partial charge in [0.25, 0.3) is 0 Å². The van der Waals surface area contributed by atoms with E-state index in [2.05, 4.69) is 10.2 Å². The Morgan fingerprint density at radius 1 is 1.27 bits per heavy atom. The molecular weight excluding hydrogens is 336 g/mol. The summed E-state index contributed by atoms with van der Waals surface area (Å²) in [5.74, 6) is 0.157. The molecule has 2 fully saturated rings. The Labute approximate surface area is 156 Å². The maximum Gasteiger partial charge on any atom is 0.323 e. The normalized spacial score (nSPS) is 27.7. The van der Waals surface area contributed by atoms with Crippen LogP contribution in [0.3, 0.4) is 0 Å². The second-order valence-corrected chi connectivity index (χ2v) is 7.52. The molecule has 7 heteroatoms. The molecule has 26 heavy (non-hydrogen) atoms. The molecule has 150 valence electrons. The third-order valence-electron chi connectivity index (χ3n) is 5.69. The molecule has 1 amide bonds. The Morgan fingerprint density at radius 3 is 2.65 bits per heavy atom. The van der Waals surface area contributed by atoms with E-state index < -0.39 is 12.1 Å². The van der Waals surface area contributed by atoms with E-state index in [1.54, 1.807) is 13.8 Å². The summed E-state index contributed by atoms with van der Waals surface area (Å²) in [6.45, 7) is 6.05. The van der Waals surface area contributed by atoms with Crippen LogP contribution in [0.4, 0.5) is 0 Å². The van der Waals surface area contributed by atoms with Crippen LogP contribution in [-0.2, 0) is 19.2 Å². The van der Waals surface area contributed by atoms with Gasteiger partial charge in [0, 0.05) is 6.04 Å². The fourth-order valence-corrected chi connectivity index (χ4v) is 4.54. The fourth-order valence-electron chi connectivity index (χ4n) is 4.54. The van der Waals surface area contributed by atoms with E-state index in [0.29, 0.717) is 18.9 Å². The van der Waals surface area contributed by atoms with Crippen LogP contribution in [0.15, 0.2) is 0 Å². The molecule has 5 atom stereocenters. The highest BCUT2D eigenvalue weighted by atomic mass is 17.1. The van der Waals surface area contributed by atoms with Gasteiger partial charge in [-0.15, -0.1) is 0 Å². The molecule has 0 aromatic heterocycles. The SMILES string of the molecule is CCC[C@H](N[C@@H](C)C(=O)N1[C@H](COO)C[C@@H]2CCCC[C@@H]21)C(=O)OCC. The zero-order valence-electron chi connectivity index (χ0n) is 16.3. The predicted molar refractivity (Wildman–Crippen MR) is 97.5 cm³/mol. The number of carbonyl (C=O) groups excluding carboxylic acids is 2. The Morgan fingerprint density at radius 2 is 2.00 bits per heavy atom. The predicted octanol–water partition coefficient (Wildman–Crippen LogP) is 2.35. The van der Waals surface area contributed by atoms with Gasteiger partial charge >= 0.3 is 5.97 Å². The average Bonchev–Trinajstić information content (AvgIpc) is 2.99. The third kappa shape index (κ3) is 4.96. The van der Waals surface area contributed by atoms with Crippen LogP contribution in [0, 0.1) is 5.92 Å². The van der Waals surface area contributed by atoms with Gasteiger partial charge in [-0.05, 0) is 45.4 Å². The van der Waals surface area contributed by atoms with E-state index >= 15 is 0 Å². The van der Waals surface area contributed by atoms with E-state index in [1.165, 1.54) is 6.42 Å². The zero-order valence-corrected chi connectivity index (χ0v) is 16.3. The second kappa shape index (κ2) is 10.2. The molecule has 1 saturated carbocycles. The monoisotopic (exact) mass is 370 g/mol. The molecule has 1 heterocycles. The molecule has 1 aliphatic heterocycles. The topological polar surface area (TPSA) is 88.1 Å². The van der Waals surface area contributed by atoms with Gasteiger partial charge in [0.05, 0.1) is 18.7 Å². The van der Waals surface area contributed by atoms with Gasteiger partial charge in [-0.1, -0.05) is 26.2 Å². The first-order valence-corrected chi connectivity index (χ1v) is 10.0. The molecule has 1 aliphatic carbocycles. The van der Waals surface area contributed by atoms with E-state index in [-0.39, 0.29) is 30.6 Å². The largest absolute Gasteiger partial charge is 0.465 e. The van der Waals surface area contributed by atoms with Crippen molar-refractivity contribution >= 4 is 11.9 Å². The zero-order chi connectivity index (χ0) is 19.1. The molecule has 0 unspecified atom stereocenters. The van der Waals surface area contributed by atoms with E-state index in [4.69, 9.17) is 9.99 Å². The van der Waals surface area contributed by atoms with Crippen molar-refractivity contribution < 1.29 is 24.5 Å². The highest BCUT2D eigenvalue weighted by Gasteiger charge is 2.45. The van der Waals surface area contributed by atoms with Crippen molar-refractivity contribution in [2.45, 2.75) is 89.9 Å². The number of hydrogen-bond acceptors (Lipinski definition) is 6. The first-order valence-electron chi connectivity index (χ1n) is 10.0. The Kier molecular flexibility index (Phi) is 8.31. The maximum atomic E-state index is 13.2. The highest BCUT2D eigenvalue weighted by molar-refractivity contribution is 5.84. The van der Waals surface area contributed by atoms with Crippen LogP contribution >= 0.6 is 0 Å². The Hall–Kier alpha value is -1.18. The summed E-state index contributed by atoms with van der Waals surface area (Å²) in [5.41, 5.74) is 0. The lowest BCUT2D eigenvalue weighted by molar-refractivity contribution is -0.250. The molecular formula is C19H34N2O5. The lowest BCUT2D eigenvalue weighted by atomic mass is 9.84. The number of amides is 1. The summed E-state index contributed by atoms with van der Waals surface area (Å²) >= 11 is 0. The summed E-state index contributed by atoms with van der Waals surface area (Å²) < 4.78 is 5.13. The molecule has 1 saturated heterocycles. The Bertz CT molecular complexity index is 473. The summed E-state index contributed by atoms with van der Waals surface area (Å²) in [5, 5.41) is 12.1. The molecule has 0 aromatic rings. The van der Waals surface area contributed by atoms with Crippen molar-refractivity contribution in [2.75, 3.05) is 13.2 Å². The van der Waals surface area contributed by atoms with Gasteiger partial charge < -0.3 is 9.64 Å². The quantitative estimate of drug-likeness (QED) is 0.368. The molecule has 2 aliphatic rings. The number of carbonyl (C=O) groups is 2. The van der Waals surface area contributed by atoms with Crippen LogP contribution < -0.4 is 5.32 Å². The van der Waals surface area contributed by atoms with Crippen LogP contribution in [0.1, 0.15) is 65.7 Å².